The molecule has 4 atom stereocenters. The minimum Gasteiger partial charge on any atom is -0.455 e. The molecule has 0 amide bonds. The molecule has 0 radical (unpaired) electrons. The molecule has 0 spiro atoms. The van der Waals surface area contributed by atoms with Crippen molar-refractivity contribution in [2.24, 2.45) is 0 Å². The summed E-state index contributed by atoms with van der Waals surface area (Å²) >= 11 is 0. The number of aromatic nitrogens is 4. The smallest absolute Gasteiger partial charge is 0.303 e. The van der Waals surface area contributed by atoms with Crippen molar-refractivity contribution in [3.63, 3.8) is 0 Å². The Morgan fingerprint density at radius 1 is 1.08 bits per heavy atom. The van der Waals surface area contributed by atoms with E-state index < -0.39 is 30.0 Å². The van der Waals surface area contributed by atoms with Gasteiger partial charge in [0.05, 0.1) is 26.1 Å². The van der Waals surface area contributed by atoms with Crippen LogP contribution < -0.4 is 5.73 Å². The van der Waals surface area contributed by atoms with E-state index in [4.69, 9.17) is 31.1 Å². The molecule has 2 N–H and O–H groups in total. The van der Waals surface area contributed by atoms with Gasteiger partial charge < -0.3 is 24.7 Å². The van der Waals surface area contributed by atoms with Crippen molar-refractivity contribution in [2.75, 3.05) is 12.3 Å². The van der Waals surface area contributed by atoms with Gasteiger partial charge in [0, 0.05) is 6.92 Å². The van der Waals surface area contributed by atoms with Gasteiger partial charge in [-0.3, -0.25) is 9.36 Å². The lowest BCUT2D eigenvalue weighted by atomic mass is 9.96. The lowest BCUT2D eigenvalue weighted by Crippen LogP contribution is -2.48. The van der Waals surface area contributed by atoms with Crippen LogP contribution in [0.15, 0.2) is 73.3 Å². The zero-order valence-corrected chi connectivity index (χ0v) is 20.8. The maximum Gasteiger partial charge on any atom is 0.303 e. The molecule has 1 saturated heterocycles. The van der Waals surface area contributed by atoms with Gasteiger partial charge in [-0.15, -0.1) is 6.42 Å². The number of nitrogen functional groups attached to an aromatic ring is 1. The van der Waals surface area contributed by atoms with Crippen molar-refractivity contribution in [3.05, 3.63) is 84.4 Å². The fourth-order valence-electron chi connectivity index (χ4n) is 4.51. The van der Waals surface area contributed by atoms with Crippen molar-refractivity contribution in [2.45, 2.75) is 44.2 Å². The third kappa shape index (κ3) is 5.08. The van der Waals surface area contributed by atoms with Crippen LogP contribution in [0.3, 0.4) is 0 Å². The normalized spacial score (nSPS) is 22.8. The van der Waals surface area contributed by atoms with Crippen molar-refractivity contribution >= 4 is 23.0 Å². The predicted octanol–water partition coefficient (Wildman–Crippen LogP) is 3.04. The molecule has 10 heteroatoms. The topological polar surface area (TPSA) is 124 Å². The van der Waals surface area contributed by atoms with E-state index in [1.54, 1.807) is 4.57 Å². The van der Waals surface area contributed by atoms with Crippen LogP contribution in [0.4, 0.5) is 5.82 Å². The molecule has 0 bridgehead atoms. The van der Waals surface area contributed by atoms with Crippen LogP contribution >= 0.6 is 0 Å². The fraction of sp³-hybridized carbons (Fsp3) is 0.286. The zero-order valence-electron chi connectivity index (χ0n) is 20.8. The van der Waals surface area contributed by atoms with Crippen LogP contribution in [0, 0.1) is 12.3 Å². The van der Waals surface area contributed by atoms with Gasteiger partial charge in [0.2, 0.25) is 0 Å². The predicted molar refractivity (Wildman–Crippen MR) is 138 cm³/mol. The van der Waals surface area contributed by atoms with Gasteiger partial charge in [0.1, 0.15) is 17.9 Å². The van der Waals surface area contributed by atoms with Gasteiger partial charge in [0.15, 0.2) is 29.4 Å². The second-order valence-electron chi connectivity index (χ2n) is 8.89. The largest absolute Gasteiger partial charge is 0.455 e. The SMILES string of the molecule is C#C[C@]1(COCc2ccccc2)O[C@@H](n2cnc3c(N)ncnc32)C(OC(C)=O)C1OCc1ccccc1. The first-order chi connectivity index (χ1) is 18.5. The molecule has 1 fully saturated rings. The Balaban J connectivity index is 1.51. The van der Waals surface area contributed by atoms with E-state index in [9.17, 15) is 4.79 Å². The summed E-state index contributed by atoms with van der Waals surface area (Å²) in [4.78, 5) is 24.9. The van der Waals surface area contributed by atoms with E-state index in [2.05, 4.69) is 20.9 Å². The average molecular weight is 514 g/mol. The Bertz CT molecular complexity index is 1440. The summed E-state index contributed by atoms with van der Waals surface area (Å²) in [6, 6.07) is 19.3. The highest BCUT2D eigenvalue weighted by Crippen LogP contribution is 2.42. The number of anilines is 1. The van der Waals surface area contributed by atoms with E-state index in [-0.39, 0.29) is 19.0 Å². The number of carbonyl (C=O) groups excluding carboxylic acids is 1. The Hall–Kier alpha value is -4.30. The standard InChI is InChI=1S/C28H27N5O5/c1-3-28(16-35-14-20-10-6-4-7-11-20)24(36-15-21-12-8-5-9-13-21)23(37-19(2)34)27(38-28)33-18-32-22-25(29)30-17-31-26(22)33/h1,4-13,17-18,23-24,27H,14-16H2,2H3,(H2,29,30,31)/t23?,24?,27-,28-/m1/s1. The first-order valence-electron chi connectivity index (χ1n) is 12.0. The number of nitrogens with two attached hydrogens (primary N) is 1. The maximum atomic E-state index is 12.3. The third-order valence-corrected chi connectivity index (χ3v) is 6.28. The quantitative estimate of drug-likeness (QED) is 0.266. The van der Waals surface area contributed by atoms with Gasteiger partial charge in [0.25, 0.3) is 0 Å². The van der Waals surface area contributed by atoms with Crippen LogP contribution in [0.25, 0.3) is 11.2 Å². The molecule has 3 heterocycles. The summed E-state index contributed by atoms with van der Waals surface area (Å²) in [7, 11) is 0. The number of imidazole rings is 1. The molecule has 1 aliphatic rings. The number of terminal acetylenes is 1. The molecule has 38 heavy (non-hydrogen) atoms. The molecular weight excluding hydrogens is 486 g/mol. The number of esters is 1. The number of carbonyl (C=O) groups is 1. The molecule has 2 aromatic heterocycles. The van der Waals surface area contributed by atoms with Crippen molar-refractivity contribution in [1.82, 2.24) is 19.5 Å². The number of nitrogens with zero attached hydrogens (tertiary/aromatic N) is 4. The van der Waals surface area contributed by atoms with Gasteiger partial charge in [-0.25, -0.2) is 15.0 Å². The molecule has 194 valence electrons. The summed E-state index contributed by atoms with van der Waals surface area (Å²) in [6.45, 7) is 1.82. The molecular formula is C28H27N5O5. The Labute approximate surface area is 219 Å². The Morgan fingerprint density at radius 3 is 2.42 bits per heavy atom. The minimum absolute atomic E-state index is 0.0180. The molecule has 5 rings (SSSR count). The summed E-state index contributed by atoms with van der Waals surface area (Å²) in [5.74, 6) is 2.44. The number of hydrogen-bond donors (Lipinski definition) is 1. The van der Waals surface area contributed by atoms with Crippen LogP contribution in [-0.4, -0.2) is 49.9 Å². The Morgan fingerprint density at radius 2 is 1.76 bits per heavy atom. The molecule has 0 aliphatic carbocycles. The summed E-state index contributed by atoms with van der Waals surface area (Å²) in [6.07, 6.45) is 6.19. The summed E-state index contributed by atoms with van der Waals surface area (Å²) < 4.78 is 26.3. The Kier molecular flexibility index (Phi) is 7.33. The number of benzene rings is 2. The van der Waals surface area contributed by atoms with E-state index in [0.29, 0.717) is 17.8 Å². The van der Waals surface area contributed by atoms with Crippen molar-refractivity contribution < 1.29 is 23.7 Å². The first-order valence-corrected chi connectivity index (χ1v) is 12.0. The molecule has 1 aliphatic heterocycles. The molecule has 10 nitrogen and oxygen atoms in total. The van der Waals surface area contributed by atoms with E-state index in [1.807, 2.05) is 60.7 Å². The van der Waals surface area contributed by atoms with Crippen LogP contribution in [0.5, 0.6) is 0 Å². The highest BCUT2D eigenvalue weighted by atomic mass is 16.6. The van der Waals surface area contributed by atoms with Crippen LogP contribution in [0.1, 0.15) is 24.3 Å². The number of hydrogen-bond acceptors (Lipinski definition) is 9. The molecule has 2 unspecified atom stereocenters. The monoisotopic (exact) mass is 513 g/mol. The van der Waals surface area contributed by atoms with E-state index in [0.717, 1.165) is 11.1 Å². The number of rotatable bonds is 9. The minimum atomic E-state index is -1.40. The second-order valence-corrected chi connectivity index (χ2v) is 8.89. The van der Waals surface area contributed by atoms with Gasteiger partial charge in [-0.2, -0.15) is 0 Å². The van der Waals surface area contributed by atoms with Crippen molar-refractivity contribution in [1.29, 1.82) is 0 Å². The fourth-order valence-corrected chi connectivity index (χ4v) is 4.51. The van der Waals surface area contributed by atoms with Crippen LogP contribution in [-0.2, 0) is 37.0 Å². The summed E-state index contributed by atoms with van der Waals surface area (Å²) in [5.41, 5.74) is 7.27. The molecule has 0 saturated carbocycles. The average Bonchev–Trinajstić information content (AvgIpc) is 3.49. The maximum absolute atomic E-state index is 12.3. The van der Waals surface area contributed by atoms with Gasteiger partial charge in [-0.1, -0.05) is 66.6 Å². The first kappa shape index (κ1) is 25.4. The highest BCUT2D eigenvalue weighted by Gasteiger charge is 2.58. The van der Waals surface area contributed by atoms with Gasteiger partial charge >= 0.3 is 5.97 Å². The van der Waals surface area contributed by atoms with E-state index >= 15 is 0 Å². The second kappa shape index (κ2) is 11.0. The lowest BCUT2D eigenvalue weighted by molar-refractivity contribution is -0.158. The van der Waals surface area contributed by atoms with Gasteiger partial charge in [-0.05, 0) is 11.1 Å². The van der Waals surface area contributed by atoms with Crippen molar-refractivity contribution in [3.8, 4) is 12.3 Å². The lowest BCUT2D eigenvalue weighted by Gasteiger charge is -2.30. The highest BCUT2D eigenvalue weighted by molar-refractivity contribution is 5.81. The molecule has 2 aromatic carbocycles. The summed E-state index contributed by atoms with van der Waals surface area (Å²) in [5, 5.41) is 0. The molecule has 4 aromatic rings. The zero-order chi connectivity index (χ0) is 26.5. The number of fused-ring (bicyclic) bond motifs is 1. The van der Waals surface area contributed by atoms with E-state index in [1.165, 1.54) is 19.6 Å². The van der Waals surface area contributed by atoms with Crippen LogP contribution in [0.2, 0.25) is 0 Å². The third-order valence-electron chi connectivity index (χ3n) is 6.28. The number of ether oxygens (including phenoxy) is 4.